The van der Waals surface area contributed by atoms with Crippen LogP contribution in [0, 0.1) is 12.7 Å². The van der Waals surface area contributed by atoms with Crippen molar-refractivity contribution < 1.29 is 12.8 Å². The van der Waals surface area contributed by atoms with Gasteiger partial charge in [0.2, 0.25) is 10.0 Å². The van der Waals surface area contributed by atoms with Gasteiger partial charge in [-0.15, -0.1) is 0 Å². The van der Waals surface area contributed by atoms with E-state index in [1.807, 2.05) is 0 Å². The van der Waals surface area contributed by atoms with Crippen LogP contribution in [-0.4, -0.2) is 26.8 Å². The lowest BCUT2D eigenvalue weighted by Crippen LogP contribution is -2.23. The van der Waals surface area contributed by atoms with Gasteiger partial charge in [0, 0.05) is 19.8 Å². The summed E-state index contributed by atoms with van der Waals surface area (Å²) < 4.78 is 37.9. The average Bonchev–Trinajstić information content (AvgIpc) is 2.10. The Morgan fingerprint density at radius 1 is 1.33 bits per heavy atom. The summed E-state index contributed by atoms with van der Waals surface area (Å²) in [6, 6.07) is 2.52. The number of sulfonamides is 1. The van der Waals surface area contributed by atoms with Gasteiger partial charge >= 0.3 is 0 Å². The molecule has 0 radical (unpaired) electrons. The lowest BCUT2D eigenvalue weighted by molar-refractivity contribution is 0.506. The minimum absolute atomic E-state index is 0.218. The standard InChI is InChI=1S/C9H13FN2O2S/c1-6-4-7(11)5-8(9(6)10)15(13,14)12(2)3/h4-5H,11H2,1-3H3. The highest BCUT2D eigenvalue weighted by Gasteiger charge is 2.23. The van der Waals surface area contributed by atoms with E-state index >= 15 is 0 Å². The maximum absolute atomic E-state index is 13.6. The summed E-state index contributed by atoms with van der Waals surface area (Å²) in [5.74, 6) is -0.752. The van der Waals surface area contributed by atoms with Crippen LogP contribution in [0.5, 0.6) is 0 Å². The maximum atomic E-state index is 13.6. The molecule has 0 aromatic heterocycles. The highest BCUT2D eigenvalue weighted by Crippen LogP contribution is 2.23. The van der Waals surface area contributed by atoms with Crippen LogP contribution in [0.4, 0.5) is 10.1 Å². The first-order chi connectivity index (χ1) is 6.76. The molecule has 15 heavy (non-hydrogen) atoms. The predicted octanol–water partition coefficient (Wildman–Crippen LogP) is 0.967. The van der Waals surface area contributed by atoms with E-state index in [2.05, 4.69) is 0 Å². The lowest BCUT2D eigenvalue weighted by atomic mass is 10.2. The van der Waals surface area contributed by atoms with E-state index < -0.39 is 15.8 Å². The summed E-state index contributed by atoms with van der Waals surface area (Å²) in [5, 5.41) is 0. The zero-order valence-electron chi connectivity index (χ0n) is 8.78. The van der Waals surface area contributed by atoms with Crippen LogP contribution < -0.4 is 5.73 Å². The molecule has 0 aliphatic heterocycles. The molecule has 0 bridgehead atoms. The Labute approximate surface area is 88.6 Å². The normalized spacial score (nSPS) is 12.1. The first-order valence-corrected chi connectivity index (χ1v) is 5.69. The van der Waals surface area contributed by atoms with E-state index in [1.165, 1.54) is 27.1 Å². The van der Waals surface area contributed by atoms with Gasteiger partial charge in [-0.1, -0.05) is 0 Å². The van der Waals surface area contributed by atoms with E-state index in [-0.39, 0.29) is 16.1 Å². The van der Waals surface area contributed by atoms with Crippen molar-refractivity contribution in [1.29, 1.82) is 0 Å². The fraction of sp³-hybridized carbons (Fsp3) is 0.333. The van der Waals surface area contributed by atoms with Crippen LogP contribution >= 0.6 is 0 Å². The van der Waals surface area contributed by atoms with Gasteiger partial charge in [0.05, 0.1) is 0 Å². The summed E-state index contributed by atoms with van der Waals surface area (Å²) in [6.07, 6.45) is 0. The molecule has 0 heterocycles. The number of benzene rings is 1. The summed E-state index contributed by atoms with van der Waals surface area (Å²) in [5.41, 5.74) is 5.92. The van der Waals surface area contributed by atoms with Crippen LogP contribution in [0.2, 0.25) is 0 Å². The van der Waals surface area contributed by atoms with Gasteiger partial charge < -0.3 is 5.73 Å². The second kappa shape index (κ2) is 3.79. The second-order valence-corrected chi connectivity index (χ2v) is 5.56. The summed E-state index contributed by atoms with van der Waals surface area (Å²) in [6.45, 7) is 1.47. The van der Waals surface area contributed by atoms with Crippen LogP contribution in [0.25, 0.3) is 0 Å². The van der Waals surface area contributed by atoms with Crippen molar-refractivity contribution in [3.05, 3.63) is 23.5 Å². The molecule has 1 rings (SSSR count). The average molecular weight is 232 g/mol. The molecule has 84 valence electrons. The van der Waals surface area contributed by atoms with Gasteiger partial charge in [0.15, 0.2) is 0 Å². The predicted molar refractivity (Wildman–Crippen MR) is 56.4 cm³/mol. The number of aryl methyl sites for hydroxylation is 1. The molecule has 0 aliphatic rings. The van der Waals surface area contributed by atoms with E-state index in [9.17, 15) is 12.8 Å². The first kappa shape index (κ1) is 11.9. The Kier molecular flexibility index (Phi) is 3.01. The summed E-state index contributed by atoms with van der Waals surface area (Å²) in [7, 11) is -1.09. The molecule has 1 aromatic rings. The summed E-state index contributed by atoms with van der Waals surface area (Å²) in [4.78, 5) is -0.384. The molecule has 0 unspecified atom stereocenters. The molecule has 6 heteroatoms. The van der Waals surface area contributed by atoms with Crippen molar-refractivity contribution in [1.82, 2.24) is 4.31 Å². The van der Waals surface area contributed by atoms with Crippen LogP contribution in [0.15, 0.2) is 17.0 Å². The molecule has 0 saturated heterocycles. The fourth-order valence-electron chi connectivity index (χ4n) is 1.15. The Balaban J connectivity index is 3.52. The number of hydrogen-bond acceptors (Lipinski definition) is 3. The molecule has 0 amide bonds. The zero-order valence-corrected chi connectivity index (χ0v) is 9.60. The van der Waals surface area contributed by atoms with Gasteiger partial charge in [0.25, 0.3) is 0 Å². The number of hydrogen-bond donors (Lipinski definition) is 1. The molecular formula is C9H13FN2O2S. The molecule has 0 fully saturated rings. The van der Waals surface area contributed by atoms with E-state index in [0.717, 1.165) is 10.4 Å². The number of halogens is 1. The molecule has 2 N–H and O–H groups in total. The van der Waals surface area contributed by atoms with E-state index in [1.54, 1.807) is 0 Å². The van der Waals surface area contributed by atoms with E-state index in [0.29, 0.717) is 0 Å². The third kappa shape index (κ3) is 2.10. The molecular weight excluding hydrogens is 219 g/mol. The van der Waals surface area contributed by atoms with Gasteiger partial charge in [-0.3, -0.25) is 0 Å². The Morgan fingerprint density at radius 2 is 1.87 bits per heavy atom. The van der Waals surface area contributed by atoms with Gasteiger partial charge in [-0.2, -0.15) is 0 Å². The lowest BCUT2D eigenvalue weighted by Gasteiger charge is -2.13. The highest BCUT2D eigenvalue weighted by atomic mass is 32.2. The van der Waals surface area contributed by atoms with Crippen molar-refractivity contribution in [2.45, 2.75) is 11.8 Å². The largest absolute Gasteiger partial charge is 0.399 e. The summed E-state index contributed by atoms with van der Waals surface area (Å²) >= 11 is 0. The fourth-order valence-corrected chi connectivity index (χ4v) is 2.21. The van der Waals surface area contributed by atoms with Crippen LogP contribution in [0.1, 0.15) is 5.56 Å². The van der Waals surface area contributed by atoms with Gasteiger partial charge in [-0.05, 0) is 24.6 Å². The SMILES string of the molecule is Cc1cc(N)cc(S(=O)(=O)N(C)C)c1F. The van der Waals surface area contributed by atoms with Crippen molar-refractivity contribution in [2.24, 2.45) is 0 Å². The minimum atomic E-state index is -3.77. The van der Waals surface area contributed by atoms with Gasteiger partial charge in [-0.25, -0.2) is 17.1 Å². The molecule has 0 aliphatic carbocycles. The first-order valence-electron chi connectivity index (χ1n) is 4.25. The molecule has 0 atom stereocenters. The highest BCUT2D eigenvalue weighted by molar-refractivity contribution is 7.89. The van der Waals surface area contributed by atoms with Crippen molar-refractivity contribution in [2.75, 3.05) is 19.8 Å². The Bertz CT molecular complexity index is 483. The third-order valence-electron chi connectivity index (χ3n) is 2.00. The van der Waals surface area contributed by atoms with Crippen molar-refractivity contribution >= 4 is 15.7 Å². The molecule has 0 spiro atoms. The molecule has 0 saturated carbocycles. The number of nitrogens with two attached hydrogens (primary N) is 1. The Hall–Kier alpha value is -1.14. The molecule has 4 nitrogen and oxygen atoms in total. The maximum Gasteiger partial charge on any atom is 0.245 e. The van der Waals surface area contributed by atoms with Crippen molar-refractivity contribution in [3.8, 4) is 0 Å². The number of nitrogens with zero attached hydrogens (tertiary/aromatic N) is 1. The number of rotatable bonds is 2. The van der Waals surface area contributed by atoms with Crippen LogP contribution in [0.3, 0.4) is 0 Å². The number of nitrogen functional groups attached to an aromatic ring is 1. The molecule has 1 aromatic carbocycles. The number of anilines is 1. The topological polar surface area (TPSA) is 63.4 Å². The monoisotopic (exact) mass is 232 g/mol. The van der Waals surface area contributed by atoms with Crippen molar-refractivity contribution in [3.63, 3.8) is 0 Å². The van der Waals surface area contributed by atoms with Crippen LogP contribution in [-0.2, 0) is 10.0 Å². The Morgan fingerprint density at radius 3 is 2.33 bits per heavy atom. The minimum Gasteiger partial charge on any atom is -0.399 e. The smallest absolute Gasteiger partial charge is 0.245 e. The quantitative estimate of drug-likeness (QED) is 0.773. The van der Waals surface area contributed by atoms with Gasteiger partial charge in [0.1, 0.15) is 10.7 Å². The second-order valence-electron chi connectivity index (χ2n) is 3.44. The van der Waals surface area contributed by atoms with E-state index in [4.69, 9.17) is 5.73 Å². The third-order valence-corrected chi connectivity index (χ3v) is 3.82. The zero-order chi connectivity index (χ0) is 11.8.